The Labute approximate surface area is 212 Å². The first-order chi connectivity index (χ1) is 17.8. The molecule has 2 N–H and O–H groups in total. The molecule has 1 fully saturated rings. The highest BCUT2D eigenvalue weighted by Crippen LogP contribution is 2.33. The molecule has 1 atom stereocenters. The molecule has 2 aliphatic rings. The van der Waals surface area contributed by atoms with E-state index in [1.54, 1.807) is 0 Å². The van der Waals surface area contributed by atoms with Crippen LogP contribution in [0.3, 0.4) is 0 Å². The van der Waals surface area contributed by atoms with Gasteiger partial charge < -0.3 is 24.8 Å². The Bertz CT molecular complexity index is 1260. The first kappa shape index (κ1) is 27.3. The number of alkyl halides is 3. The first-order valence-electron chi connectivity index (χ1n) is 11.7. The monoisotopic (exact) mass is 547 g/mol. The highest BCUT2D eigenvalue weighted by atomic mass is 19.4. The van der Waals surface area contributed by atoms with Crippen LogP contribution in [0.25, 0.3) is 0 Å². The lowest BCUT2D eigenvalue weighted by atomic mass is 10.0. The van der Waals surface area contributed by atoms with Gasteiger partial charge in [0.1, 0.15) is 5.82 Å². The van der Waals surface area contributed by atoms with Gasteiger partial charge in [-0.2, -0.15) is 13.2 Å². The number of carboxylic acid groups (broad SMARTS) is 1. The van der Waals surface area contributed by atoms with Crippen molar-refractivity contribution in [1.29, 1.82) is 0 Å². The van der Waals surface area contributed by atoms with Gasteiger partial charge in [-0.3, -0.25) is 9.59 Å². The zero-order valence-electron chi connectivity index (χ0n) is 19.8. The molecular weight excluding hydrogens is 524 g/mol. The zero-order chi connectivity index (χ0) is 27.8. The van der Waals surface area contributed by atoms with E-state index >= 15 is 0 Å². The molecule has 4 rings (SSSR count). The molecule has 2 aromatic rings. The van der Waals surface area contributed by atoms with Crippen LogP contribution in [0.15, 0.2) is 12.1 Å². The molecule has 0 spiro atoms. The molecule has 0 aliphatic carbocycles. The third-order valence-electron chi connectivity index (χ3n) is 6.51. The fraction of sp³-hybridized carbons (Fsp3) is 0.478. The lowest BCUT2D eigenvalue weighted by molar-refractivity contribution is -0.148. The van der Waals surface area contributed by atoms with Crippen molar-refractivity contribution in [2.75, 3.05) is 19.6 Å². The third kappa shape index (κ3) is 5.70. The molecular formula is C23H23F6N5O4. The lowest BCUT2D eigenvalue weighted by Gasteiger charge is -2.31. The van der Waals surface area contributed by atoms with Crippen molar-refractivity contribution in [2.45, 2.75) is 51.0 Å². The van der Waals surface area contributed by atoms with Crippen molar-refractivity contribution in [3.63, 3.8) is 0 Å². The first-order valence-corrected chi connectivity index (χ1v) is 11.7. The van der Waals surface area contributed by atoms with Crippen LogP contribution >= 0.6 is 0 Å². The molecule has 206 valence electrons. The van der Waals surface area contributed by atoms with Crippen LogP contribution < -0.4 is 5.32 Å². The van der Waals surface area contributed by atoms with E-state index < -0.39 is 78.5 Å². The van der Waals surface area contributed by atoms with Crippen LogP contribution in [0.2, 0.25) is 0 Å². The number of carbonyl (C=O) groups excluding carboxylic acids is 2. The molecule has 0 saturated carbocycles. The van der Waals surface area contributed by atoms with E-state index in [1.165, 1.54) is 4.90 Å². The molecule has 0 unspecified atom stereocenters. The van der Waals surface area contributed by atoms with Crippen molar-refractivity contribution in [2.24, 2.45) is 0 Å². The molecule has 0 radical (unpaired) electrons. The topological polar surface area (TPSA) is 108 Å². The van der Waals surface area contributed by atoms with Crippen LogP contribution in [0, 0.1) is 17.5 Å². The SMILES string of the molecule is O=C(O)N[C@@H](CC(=O)N1CCn2c(C(F)(F)F)nc(C(=O)N3CCCC3)c2C1)Cc1cc(F)c(F)cc1F. The van der Waals surface area contributed by atoms with Crippen molar-refractivity contribution in [1.82, 2.24) is 24.7 Å². The van der Waals surface area contributed by atoms with E-state index in [4.69, 9.17) is 5.11 Å². The number of hydrogen-bond donors (Lipinski definition) is 2. The van der Waals surface area contributed by atoms with Crippen LogP contribution in [0.4, 0.5) is 31.1 Å². The number of aromatic nitrogens is 2. The Balaban J connectivity index is 1.56. The van der Waals surface area contributed by atoms with Gasteiger partial charge in [-0.05, 0) is 30.9 Å². The Morgan fingerprint density at radius 3 is 2.26 bits per heavy atom. The Hall–Kier alpha value is -3.78. The van der Waals surface area contributed by atoms with Crippen LogP contribution in [-0.2, 0) is 30.5 Å². The summed E-state index contributed by atoms with van der Waals surface area (Å²) >= 11 is 0. The molecule has 0 bridgehead atoms. The average molecular weight is 547 g/mol. The number of hydrogen-bond acceptors (Lipinski definition) is 4. The van der Waals surface area contributed by atoms with Crippen LogP contribution in [0.1, 0.15) is 46.8 Å². The van der Waals surface area contributed by atoms with Gasteiger partial charge >= 0.3 is 12.3 Å². The smallest absolute Gasteiger partial charge is 0.449 e. The molecule has 15 heteroatoms. The van der Waals surface area contributed by atoms with Crippen LogP contribution in [-0.4, -0.2) is 68.0 Å². The molecule has 1 saturated heterocycles. The maximum Gasteiger partial charge on any atom is 0.449 e. The van der Waals surface area contributed by atoms with Gasteiger partial charge in [0.15, 0.2) is 17.3 Å². The van der Waals surface area contributed by atoms with Crippen molar-refractivity contribution < 1.29 is 45.8 Å². The fourth-order valence-corrected chi connectivity index (χ4v) is 4.71. The largest absolute Gasteiger partial charge is 0.465 e. The summed E-state index contributed by atoms with van der Waals surface area (Å²) in [4.78, 5) is 43.4. The van der Waals surface area contributed by atoms with E-state index in [0.717, 1.165) is 9.47 Å². The Morgan fingerprint density at radius 1 is 0.974 bits per heavy atom. The number of fused-ring (bicyclic) bond motifs is 1. The van der Waals surface area contributed by atoms with E-state index in [9.17, 15) is 40.7 Å². The molecule has 1 aromatic carbocycles. The number of amides is 3. The molecule has 3 heterocycles. The number of imidazole rings is 1. The summed E-state index contributed by atoms with van der Waals surface area (Å²) in [5.41, 5.74) is -0.871. The summed E-state index contributed by atoms with van der Waals surface area (Å²) < 4.78 is 82.7. The highest BCUT2D eigenvalue weighted by molar-refractivity contribution is 5.94. The molecule has 9 nitrogen and oxygen atoms in total. The Morgan fingerprint density at radius 2 is 1.63 bits per heavy atom. The number of nitrogens with zero attached hydrogens (tertiary/aromatic N) is 4. The minimum absolute atomic E-state index is 0.0942. The van der Waals surface area contributed by atoms with Gasteiger partial charge in [-0.25, -0.2) is 22.9 Å². The number of halogens is 6. The molecule has 1 aromatic heterocycles. The minimum atomic E-state index is -4.84. The zero-order valence-corrected chi connectivity index (χ0v) is 19.8. The van der Waals surface area contributed by atoms with Crippen LogP contribution in [0.5, 0.6) is 0 Å². The average Bonchev–Trinajstić information content (AvgIpc) is 3.49. The fourth-order valence-electron chi connectivity index (χ4n) is 4.71. The number of nitrogens with one attached hydrogen (secondary N) is 1. The third-order valence-corrected chi connectivity index (χ3v) is 6.51. The normalized spacial score (nSPS) is 16.4. The predicted molar refractivity (Wildman–Crippen MR) is 117 cm³/mol. The molecule has 2 aliphatic heterocycles. The van der Waals surface area contributed by atoms with E-state index in [-0.39, 0.29) is 24.3 Å². The lowest BCUT2D eigenvalue weighted by Crippen LogP contribution is -2.44. The second-order valence-corrected chi connectivity index (χ2v) is 9.11. The van der Waals surface area contributed by atoms with Gasteiger partial charge in [0, 0.05) is 44.7 Å². The molecule has 38 heavy (non-hydrogen) atoms. The summed E-state index contributed by atoms with van der Waals surface area (Å²) in [5.74, 6) is -6.56. The predicted octanol–water partition coefficient (Wildman–Crippen LogP) is 3.17. The number of carbonyl (C=O) groups is 3. The summed E-state index contributed by atoms with van der Waals surface area (Å²) in [6.45, 7) is -0.153. The maximum atomic E-state index is 14.1. The van der Waals surface area contributed by atoms with E-state index in [1.807, 2.05) is 5.32 Å². The Kier molecular flexibility index (Phi) is 7.56. The van der Waals surface area contributed by atoms with Gasteiger partial charge in [0.25, 0.3) is 5.91 Å². The van der Waals surface area contributed by atoms with Crippen molar-refractivity contribution in [3.8, 4) is 0 Å². The quantitative estimate of drug-likeness (QED) is 0.427. The second-order valence-electron chi connectivity index (χ2n) is 9.11. The summed E-state index contributed by atoms with van der Waals surface area (Å²) in [6.07, 6.45) is -6.04. The number of benzene rings is 1. The summed E-state index contributed by atoms with van der Waals surface area (Å²) in [5, 5.41) is 11.2. The maximum absolute atomic E-state index is 14.1. The van der Waals surface area contributed by atoms with Crippen molar-refractivity contribution in [3.05, 3.63) is 52.4 Å². The minimum Gasteiger partial charge on any atom is -0.465 e. The summed E-state index contributed by atoms with van der Waals surface area (Å²) in [6, 6.07) is -0.407. The van der Waals surface area contributed by atoms with E-state index in [0.29, 0.717) is 38.1 Å². The van der Waals surface area contributed by atoms with E-state index in [2.05, 4.69) is 4.98 Å². The second kappa shape index (κ2) is 10.5. The van der Waals surface area contributed by atoms with Crippen molar-refractivity contribution >= 4 is 17.9 Å². The molecule has 3 amide bonds. The van der Waals surface area contributed by atoms with Gasteiger partial charge in [0.05, 0.1) is 12.2 Å². The number of rotatable bonds is 6. The standard InChI is InChI=1S/C23H23F6N5O4/c24-14-10-16(26)15(25)8-12(14)7-13(30-22(37)38)9-18(35)33-5-6-34-17(11-33)19(31-21(34)23(27,28)29)20(36)32-3-1-2-4-32/h8,10,13,30H,1-7,9,11H2,(H,37,38)/t13-/m1/s1. The highest BCUT2D eigenvalue weighted by Gasteiger charge is 2.42. The summed E-state index contributed by atoms with van der Waals surface area (Å²) in [7, 11) is 0. The van der Waals surface area contributed by atoms with Gasteiger partial charge in [0.2, 0.25) is 11.7 Å². The van der Waals surface area contributed by atoms with Gasteiger partial charge in [-0.1, -0.05) is 0 Å². The van der Waals surface area contributed by atoms with Gasteiger partial charge in [-0.15, -0.1) is 0 Å². The number of likely N-dealkylation sites (tertiary alicyclic amines) is 1.